The molecular formula is C26H23Cl2F2N3O3. The van der Waals surface area contributed by atoms with Gasteiger partial charge in [0.1, 0.15) is 22.9 Å². The average Bonchev–Trinajstić information content (AvgIpc) is 3.13. The second-order valence-electron chi connectivity index (χ2n) is 9.27. The standard InChI is InChI=1S/C26H23Cl2F2N3O3/c1-25(35,26(30)6-8-36-9-7-26)16-10-19-22(20(29)11-16)23(15-2-4-17(27)5-3-15)33(24(19)34)14-21-31-12-18(28)13-32-21/h2-5,10-13,23,35H,6-9,14H2,1H3. The number of aliphatic hydroxyl groups is 1. The van der Waals surface area contributed by atoms with Crippen molar-refractivity contribution in [3.8, 4) is 0 Å². The molecule has 1 aromatic heterocycles. The first-order chi connectivity index (χ1) is 17.1. The number of ether oxygens (including phenoxy) is 1. The summed E-state index contributed by atoms with van der Waals surface area (Å²) in [6.07, 6.45) is 2.75. The summed E-state index contributed by atoms with van der Waals surface area (Å²) in [5.41, 5.74) is -3.25. The van der Waals surface area contributed by atoms with Crippen LogP contribution in [-0.2, 0) is 16.9 Å². The normalized spacial score (nSPS) is 20.8. The van der Waals surface area contributed by atoms with Crippen LogP contribution in [-0.4, -0.2) is 44.8 Å². The van der Waals surface area contributed by atoms with Crippen LogP contribution >= 0.6 is 23.2 Å². The number of aromatic nitrogens is 2. The first-order valence-electron chi connectivity index (χ1n) is 11.5. The minimum absolute atomic E-state index is 0.00375. The van der Waals surface area contributed by atoms with Gasteiger partial charge in [-0.2, -0.15) is 0 Å². The molecule has 5 rings (SSSR count). The number of amides is 1. The van der Waals surface area contributed by atoms with Gasteiger partial charge in [0.2, 0.25) is 0 Å². The largest absolute Gasteiger partial charge is 0.382 e. The van der Waals surface area contributed by atoms with Crippen molar-refractivity contribution in [1.82, 2.24) is 14.9 Å². The number of nitrogens with zero attached hydrogens (tertiary/aromatic N) is 3. The van der Waals surface area contributed by atoms with Crippen LogP contribution in [0.5, 0.6) is 0 Å². The summed E-state index contributed by atoms with van der Waals surface area (Å²) < 4.78 is 36.9. The Kier molecular flexibility index (Phi) is 6.49. The number of rotatable bonds is 5. The lowest BCUT2D eigenvalue weighted by atomic mass is 9.75. The molecule has 0 aliphatic carbocycles. The maximum absolute atomic E-state index is 15.8. The van der Waals surface area contributed by atoms with Crippen LogP contribution in [0.25, 0.3) is 0 Å². The van der Waals surface area contributed by atoms with Crippen LogP contribution in [0.2, 0.25) is 10.0 Å². The van der Waals surface area contributed by atoms with Gasteiger partial charge in [-0.1, -0.05) is 35.3 Å². The van der Waals surface area contributed by atoms with Gasteiger partial charge >= 0.3 is 0 Å². The van der Waals surface area contributed by atoms with Crippen molar-refractivity contribution in [2.45, 2.75) is 43.6 Å². The molecule has 2 aromatic carbocycles. The number of benzene rings is 2. The van der Waals surface area contributed by atoms with Crippen LogP contribution in [0.15, 0.2) is 48.8 Å². The van der Waals surface area contributed by atoms with Gasteiger partial charge in [-0.05, 0) is 42.3 Å². The maximum Gasteiger partial charge on any atom is 0.255 e. The van der Waals surface area contributed by atoms with Gasteiger partial charge in [-0.15, -0.1) is 0 Å². The molecule has 2 unspecified atom stereocenters. The third kappa shape index (κ3) is 4.26. The Morgan fingerprint density at radius 2 is 1.78 bits per heavy atom. The van der Waals surface area contributed by atoms with Crippen LogP contribution in [0.3, 0.4) is 0 Å². The Morgan fingerprint density at radius 3 is 2.42 bits per heavy atom. The predicted octanol–water partition coefficient (Wildman–Crippen LogP) is 5.39. The molecule has 10 heteroatoms. The van der Waals surface area contributed by atoms with Crippen molar-refractivity contribution in [2.75, 3.05) is 13.2 Å². The minimum atomic E-state index is -2.03. The molecule has 1 saturated heterocycles. The molecule has 1 amide bonds. The molecule has 2 aliphatic heterocycles. The van der Waals surface area contributed by atoms with E-state index in [1.165, 1.54) is 30.3 Å². The summed E-state index contributed by atoms with van der Waals surface area (Å²) in [4.78, 5) is 23.5. The highest BCUT2D eigenvalue weighted by atomic mass is 35.5. The van der Waals surface area contributed by atoms with E-state index in [0.717, 1.165) is 6.07 Å². The van der Waals surface area contributed by atoms with E-state index in [0.29, 0.717) is 21.4 Å². The first-order valence-corrected chi connectivity index (χ1v) is 12.2. The second kappa shape index (κ2) is 9.34. The zero-order valence-electron chi connectivity index (χ0n) is 19.3. The molecule has 188 valence electrons. The summed E-state index contributed by atoms with van der Waals surface area (Å²) in [6, 6.07) is 8.46. The van der Waals surface area contributed by atoms with E-state index >= 15 is 8.78 Å². The zero-order chi connectivity index (χ0) is 25.7. The Balaban J connectivity index is 1.61. The lowest BCUT2D eigenvalue weighted by Gasteiger charge is -2.41. The molecule has 0 saturated carbocycles. The van der Waals surface area contributed by atoms with Gasteiger partial charge in [0, 0.05) is 54.6 Å². The lowest BCUT2D eigenvalue weighted by molar-refractivity contribution is -0.143. The van der Waals surface area contributed by atoms with Gasteiger partial charge in [-0.25, -0.2) is 18.7 Å². The third-order valence-electron chi connectivity index (χ3n) is 7.10. The van der Waals surface area contributed by atoms with Gasteiger partial charge in [-0.3, -0.25) is 4.79 Å². The first kappa shape index (κ1) is 25.0. The van der Waals surface area contributed by atoms with Crippen molar-refractivity contribution in [2.24, 2.45) is 0 Å². The SMILES string of the molecule is CC(O)(c1cc(F)c2c(c1)C(=O)N(Cc1ncc(Cl)cn1)C2c1ccc(Cl)cc1)C1(F)CCOCC1. The van der Waals surface area contributed by atoms with Crippen molar-refractivity contribution >= 4 is 29.1 Å². The highest BCUT2D eigenvalue weighted by molar-refractivity contribution is 6.30. The van der Waals surface area contributed by atoms with Crippen molar-refractivity contribution in [3.05, 3.63) is 92.7 Å². The average molecular weight is 534 g/mol. The summed E-state index contributed by atoms with van der Waals surface area (Å²) in [5, 5.41) is 12.1. The molecule has 2 aliphatic rings. The molecular weight excluding hydrogens is 511 g/mol. The minimum Gasteiger partial charge on any atom is -0.382 e. The summed E-state index contributed by atoms with van der Waals surface area (Å²) in [6.45, 7) is 1.58. The lowest BCUT2D eigenvalue weighted by Crippen LogP contribution is -2.50. The van der Waals surface area contributed by atoms with Gasteiger partial charge in [0.05, 0.1) is 17.6 Å². The number of hydrogen-bond donors (Lipinski definition) is 1. The number of hydrogen-bond acceptors (Lipinski definition) is 5. The molecule has 0 spiro atoms. The molecule has 2 atom stereocenters. The molecule has 0 radical (unpaired) electrons. The third-order valence-corrected chi connectivity index (χ3v) is 7.54. The predicted molar refractivity (Wildman–Crippen MR) is 130 cm³/mol. The highest BCUT2D eigenvalue weighted by Gasteiger charge is 2.51. The molecule has 36 heavy (non-hydrogen) atoms. The fourth-order valence-electron chi connectivity index (χ4n) is 4.95. The number of carbonyl (C=O) groups is 1. The Bertz CT molecular complexity index is 1300. The van der Waals surface area contributed by atoms with Crippen LogP contribution in [0.1, 0.15) is 58.7 Å². The fourth-order valence-corrected chi connectivity index (χ4v) is 5.17. The van der Waals surface area contributed by atoms with Gasteiger partial charge in [0.15, 0.2) is 0 Å². The number of alkyl halides is 1. The van der Waals surface area contributed by atoms with Gasteiger partial charge in [0.25, 0.3) is 5.91 Å². The molecule has 3 aromatic rings. The molecule has 6 nitrogen and oxygen atoms in total. The van der Waals surface area contributed by atoms with E-state index in [1.54, 1.807) is 24.3 Å². The van der Waals surface area contributed by atoms with E-state index in [-0.39, 0.29) is 49.3 Å². The smallest absolute Gasteiger partial charge is 0.255 e. The summed E-state index contributed by atoms with van der Waals surface area (Å²) in [7, 11) is 0. The van der Waals surface area contributed by atoms with Crippen LogP contribution < -0.4 is 0 Å². The molecule has 1 fully saturated rings. The maximum atomic E-state index is 15.8. The Hall–Kier alpha value is -2.65. The second-order valence-corrected chi connectivity index (χ2v) is 10.1. The fraction of sp³-hybridized carbons (Fsp3) is 0.346. The Morgan fingerprint density at radius 1 is 1.14 bits per heavy atom. The Labute approximate surface area is 216 Å². The van der Waals surface area contributed by atoms with Crippen LogP contribution in [0, 0.1) is 5.82 Å². The number of halogens is 4. The van der Waals surface area contributed by atoms with E-state index in [9.17, 15) is 9.90 Å². The molecule has 0 bridgehead atoms. The topological polar surface area (TPSA) is 75.5 Å². The van der Waals surface area contributed by atoms with Crippen molar-refractivity contribution in [3.63, 3.8) is 0 Å². The number of carbonyl (C=O) groups excluding carboxylic acids is 1. The van der Waals surface area contributed by atoms with Crippen molar-refractivity contribution < 1.29 is 23.4 Å². The molecule has 1 N–H and O–H groups in total. The summed E-state index contributed by atoms with van der Waals surface area (Å²) in [5.74, 6) is -0.886. The van der Waals surface area contributed by atoms with Crippen LogP contribution in [0.4, 0.5) is 8.78 Å². The monoisotopic (exact) mass is 533 g/mol. The van der Waals surface area contributed by atoms with Crippen molar-refractivity contribution in [1.29, 1.82) is 0 Å². The van der Waals surface area contributed by atoms with E-state index in [4.69, 9.17) is 27.9 Å². The number of fused-ring (bicyclic) bond motifs is 1. The van der Waals surface area contributed by atoms with E-state index in [1.807, 2.05) is 0 Å². The van der Waals surface area contributed by atoms with E-state index < -0.39 is 29.0 Å². The highest BCUT2D eigenvalue weighted by Crippen LogP contribution is 2.47. The quantitative estimate of drug-likeness (QED) is 0.475. The van der Waals surface area contributed by atoms with E-state index in [2.05, 4.69) is 9.97 Å². The summed E-state index contributed by atoms with van der Waals surface area (Å²) >= 11 is 12.0. The zero-order valence-corrected chi connectivity index (χ0v) is 20.9. The molecule has 3 heterocycles. The van der Waals surface area contributed by atoms with Gasteiger partial charge < -0.3 is 14.7 Å².